The van der Waals surface area contributed by atoms with Crippen molar-refractivity contribution in [1.29, 1.82) is 0 Å². The molecule has 0 spiro atoms. The molecule has 1 aromatic rings. The summed E-state index contributed by atoms with van der Waals surface area (Å²) < 4.78 is 0. The second-order valence-electron chi connectivity index (χ2n) is 4.24. The smallest absolute Gasteiger partial charge is 0.211 e. The molecule has 0 saturated heterocycles. The Kier molecular flexibility index (Phi) is 2.45. The first-order valence-corrected chi connectivity index (χ1v) is 5.41. The lowest BCUT2D eigenvalue weighted by molar-refractivity contribution is 0.556. The van der Waals surface area contributed by atoms with E-state index in [1.54, 1.807) is 6.08 Å². The third kappa shape index (κ3) is 1.73. The zero-order valence-corrected chi connectivity index (χ0v) is 9.21. The number of aryl methyl sites for hydroxylation is 2. The lowest BCUT2D eigenvalue weighted by Gasteiger charge is -2.13. The van der Waals surface area contributed by atoms with Crippen LogP contribution in [0.2, 0.25) is 0 Å². The van der Waals surface area contributed by atoms with Crippen molar-refractivity contribution in [3.63, 3.8) is 0 Å². The van der Waals surface area contributed by atoms with Gasteiger partial charge in [-0.15, -0.1) is 0 Å². The number of isocyanates is 1. The molecule has 0 amide bonds. The topological polar surface area (TPSA) is 29.4 Å². The van der Waals surface area contributed by atoms with Gasteiger partial charge in [-0.05, 0) is 42.9 Å². The van der Waals surface area contributed by atoms with Crippen molar-refractivity contribution < 1.29 is 4.79 Å². The molecule has 0 radical (unpaired) electrons. The second kappa shape index (κ2) is 3.63. The van der Waals surface area contributed by atoms with Gasteiger partial charge >= 0.3 is 0 Å². The average Bonchev–Trinajstić information content (AvgIpc) is 3.00. The van der Waals surface area contributed by atoms with E-state index in [-0.39, 0.29) is 5.54 Å². The summed E-state index contributed by atoms with van der Waals surface area (Å²) in [6.07, 6.45) is 4.70. The molecule has 1 aliphatic rings. The van der Waals surface area contributed by atoms with Crippen LogP contribution in [-0.4, -0.2) is 6.08 Å². The number of rotatable bonds is 3. The molecule has 0 aliphatic heterocycles. The molecule has 0 unspecified atom stereocenters. The van der Waals surface area contributed by atoms with E-state index in [2.05, 4.69) is 37.0 Å². The number of aliphatic imine (C=N–C) groups is 1. The summed E-state index contributed by atoms with van der Waals surface area (Å²) in [6.45, 7) is 4.21. The van der Waals surface area contributed by atoms with Gasteiger partial charge < -0.3 is 0 Å². The summed E-state index contributed by atoms with van der Waals surface area (Å²) >= 11 is 0. The normalized spacial score (nSPS) is 16.9. The van der Waals surface area contributed by atoms with E-state index in [0.29, 0.717) is 0 Å². The van der Waals surface area contributed by atoms with Crippen molar-refractivity contribution >= 4 is 6.08 Å². The molecular formula is C13H15NO. The van der Waals surface area contributed by atoms with Crippen LogP contribution in [0.25, 0.3) is 0 Å². The number of nitrogens with zero attached hydrogens (tertiary/aromatic N) is 1. The SMILES string of the molecule is CCc1ccc(C)c(C2(N=C=O)CC2)c1. The van der Waals surface area contributed by atoms with Gasteiger partial charge in [0, 0.05) is 0 Å². The van der Waals surface area contributed by atoms with E-state index in [1.165, 1.54) is 16.7 Å². The molecule has 1 fully saturated rings. The van der Waals surface area contributed by atoms with Crippen molar-refractivity contribution in [1.82, 2.24) is 0 Å². The molecule has 0 bridgehead atoms. The lowest BCUT2D eigenvalue weighted by atomic mass is 9.96. The maximum absolute atomic E-state index is 10.4. The van der Waals surface area contributed by atoms with Crippen LogP contribution in [0.3, 0.4) is 0 Å². The number of carbonyl (C=O) groups excluding carboxylic acids is 1. The molecule has 2 nitrogen and oxygen atoms in total. The molecule has 0 heterocycles. The highest BCUT2D eigenvalue weighted by atomic mass is 16.1. The molecule has 2 heteroatoms. The van der Waals surface area contributed by atoms with Crippen LogP contribution in [0.5, 0.6) is 0 Å². The molecule has 0 aromatic heterocycles. The number of hydrogen-bond acceptors (Lipinski definition) is 2. The van der Waals surface area contributed by atoms with Crippen LogP contribution in [0.4, 0.5) is 0 Å². The van der Waals surface area contributed by atoms with Crippen LogP contribution < -0.4 is 0 Å². The summed E-state index contributed by atoms with van der Waals surface area (Å²) in [6, 6.07) is 6.44. The Balaban J connectivity index is 2.47. The first-order valence-electron chi connectivity index (χ1n) is 5.41. The molecule has 78 valence electrons. The Morgan fingerprint density at radius 2 is 2.20 bits per heavy atom. The number of benzene rings is 1. The summed E-state index contributed by atoms with van der Waals surface area (Å²) in [5.74, 6) is 0. The molecule has 15 heavy (non-hydrogen) atoms. The van der Waals surface area contributed by atoms with Gasteiger partial charge in [0.1, 0.15) is 0 Å². The maximum atomic E-state index is 10.4. The Hall–Kier alpha value is -1.40. The minimum absolute atomic E-state index is 0.225. The Morgan fingerprint density at radius 1 is 1.47 bits per heavy atom. The Morgan fingerprint density at radius 3 is 2.73 bits per heavy atom. The second-order valence-corrected chi connectivity index (χ2v) is 4.24. The van der Waals surface area contributed by atoms with Gasteiger partial charge in [0.2, 0.25) is 6.08 Å². The zero-order chi connectivity index (χ0) is 10.9. The van der Waals surface area contributed by atoms with Gasteiger partial charge in [-0.3, -0.25) is 0 Å². The molecule has 1 saturated carbocycles. The van der Waals surface area contributed by atoms with Gasteiger partial charge in [-0.1, -0.05) is 25.1 Å². The predicted octanol–water partition coefficient (Wildman–Crippen LogP) is 2.88. The molecule has 1 aliphatic carbocycles. The first kappa shape index (κ1) is 10.1. The molecule has 2 rings (SSSR count). The lowest BCUT2D eigenvalue weighted by Crippen LogP contribution is -2.05. The van der Waals surface area contributed by atoms with Crippen LogP contribution in [0, 0.1) is 6.92 Å². The standard InChI is InChI=1S/C13H15NO/c1-3-11-5-4-10(2)12(8-11)13(6-7-13)14-9-15/h4-5,8H,3,6-7H2,1-2H3. The monoisotopic (exact) mass is 201 g/mol. The van der Waals surface area contributed by atoms with E-state index < -0.39 is 0 Å². The average molecular weight is 201 g/mol. The van der Waals surface area contributed by atoms with Crippen molar-refractivity contribution in [2.24, 2.45) is 4.99 Å². The third-order valence-electron chi connectivity index (χ3n) is 3.19. The van der Waals surface area contributed by atoms with Gasteiger partial charge in [0.05, 0.1) is 5.54 Å². The largest absolute Gasteiger partial charge is 0.235 e. The fraction of sp³-hybridized carbons (Fsp3) is 0.462. The van der Waals surface area contributed by atoms with E-state index in [9.17, 15) is 4.79 Å². The maximum Gasteiger partial charge on any atom is 0.235 e. The first-order chi connectivity index (χ1) is 7.22. The minimum Gasteiger partial charge on any atom is -0.211 e. The van der Waals surface area contributed by atoms with E-state index >= 15 is 0 Å². The van der Waals surface area contributed by atoms with Crippen LogP contribution in [0.15, 0.2) is 23.2 Å². The van der Waals surface area contributed by atoms with Crippen LogP contribution >= 0.6 is 0 Å². The van der Waals surface area contributed by atoms with E-state index in [4.69, 9.17) is 0 Å². The Bertz CT molecular complexity index is 426. The number of hydrogen-bond donors (Lipinski definition) is 0. The van der Waals surface area contributed by atoms with Crippen LogP contribution in [-0.2, 0) is 16.8 Å². The summed E-state index contributed by atoms with van der Waals surface area (Å²) in [4.78, 5) is 14.4. The quantitative estimate of drug-likeness (QED) is 0.546. The highest BCUT2D eigenvalue weighted by Gasteiger charge is 2.45. The fourth-order valence-corrected chi connectivity index (χ4v) is 2.04. The van der Waals surface area contributed by atoms with Crippen molar-refractivity contribution in [2.45, 2.75) is 38.6 Å². The zero-order valence-electron chi connectivity index (χ0n) is 9.21. The van der Waals surface area contributed by atoms with Crippen molar-refractivity contribution in [2.75, 3.05) is 0 Å². The highest BCUT2D eigenvalue weighted by Crippen LogP contribution is 2.50. The van der Waals surface area contributed by atoms with E-state index in [0.717, 1.165) is 19.3 Å². The van der Waals surface area contributed by atoms with Crippen LogP contribution in [0.1, 0.15) is 36.5 Å². The van der Waals surface area contributed by atoms with Gasteiger partial charge in [0.25, 0.3) is 0 Å². The minimum atomic E-state index is -0.225. The Labute approximate surface area is 90.0 Å². The third-order valence-corrected chi connectivity index (χ3v) is 3.19. The molecular weight excluding hydrogens is 186 g/mol. The van der Waals surface area contributed by atoms with Gasteiger partial charge in [0.15, 0.2) is 0 Å². The summed E-state index contributed by atoms with van der Waals surface area (Å²) in [7, 11) is 0. The van der Waals surface area contributed by atoms with E-state index in [1.807, 2.05) is 0 Å². The molecule has 0 N–H and O–H groups in total. The fourth-order valence-electron chi connectivity index (χ4n) is 2.04. The van der Waals surface area contributed by atoms with Gasteiger partial charge in [-0.2, -0.15) is 4.99 Å². The summed E-state index contributed by atoms with van der Waals surface area (Å²) in [5, 5.41) is 0. The molecule has 1 aromatic carbocycles. The predicted molar refractivity (Wildman–Crippen MR) is 59.6 cm³/mol. The van der Waals surface area contributed by atoms with Gasteiger partial charge in [-0.25, -0.2) is 4.79 Å². The van der Waals surface area contributed by atoms with Crippen molar-refractivity contribution in [3.8, 4) is 0 Å². The highest BCUT2D eigenvalue weighted by molar-refractivity contribution is 5.45. The summed E-state index contributed by atoms with van der Waals surface area (Å²) in [5.41, 5.74) is 3.52. The molecule has 0 atom stereocenters. The van der Waals surface area contributed by atoms with Crippen molar-refractivity contribution in [3.05, 3.63) is 34.9 Å².